The van der Waals surface area contributed by atoms with Crippen molar-refractivity contribution in [2.75, 3.05) is 20.4 Å². The zero-order chi connectivity index (χ0) is 22.5. The third-order valence-electron chi connectivity index (χ3n) is 4.87. The van der Waals surface area contributed by atoms with Crippen LogP contribution in [0.15, 0.2) is 18.2 Å². The van der Waals surface area contributed by atoms with E-state index in [1.807, 2.05) is 39.0 Å². The first-order chi connectivity index (χ1) is 14.0. The highest BCUT2D eigenvalue weighted by molar-refractivity contribution is 5.76. The van der Waals surface area contributed by atoms with E-state index in [-0.39, 0.29) is 25.4 Å². The van der Waals surface area contributed by atoms with Crippen molar-refractivity contribution in [3.05, 3.63) is 23.8 Å². The molecular formula is C22H34N2O6. The Kier molecular flexibility index (Phi) is 7.95. The van der Waals surface area contributed by atoms with Gasteiger partial charge in [-0.2, -0.15) is 0 Å². The fraction of sp³-hybridized carbons (Fsp3) is 0.636. The number of ether oxygens (including phenoxy) is 4. The van der Waals surface area contributed by atoms with Gasteiger partial charge in [-0.05, 0) is 57.2 Å². The van der Waals surface area contributed by atoms with Crippen LogP contribution in [0.25, 0.3) is 0 Å². The second-order valence-corrected chi connectivity index (χ2v) is 8.82. The zero-order valence-corrected chi connectivity index (χ0v) is 18.8. The van der Waals surface area contributed by atoms with Crippen LogP contribution in [0.4, 0.5) is 4.79 Å². The Morgan fingerprint density at radius 3 is 2.53 bits per heavy atom. The molecule has 2 N–H and O–H groups in total. The number of nitrogens with two attached hydrogens (primary N) is 1. The van der Waals surface area contributed by atoms with Crippen LogP contribution in [0.2, 0.25) is 0 Å². The van der Waals surface area contributed by atoms with Crippen LogP contribution in [0.3, 0.4) is 0 Å². The molecule has 2 unspecified atom stereocenters. The summed E-state index contributed by atoms with van der Waals surface area (Å²) in [5.74, 6) is 1.23. The third kappa shape index (κ3) is 6.79. The van der Waals surface area contributed by atoms with Crippen LogP contribution in [0.5, 0.6) is 11.5 Å². The third-order valence-corrected chi connectivity index (χ3v) is 4.87. The second kappa shape index (κ2) is 10.0. The molecule has 1 aromatic carbocycles. The van der Waals surface area contributed by atoms with Crippen LogP contribution in [-0.4, -0.2) is 55.1 Å². The lowest BCUT2D eigenvalue weighted by atomic mass is 10.0. The molecule has 0 aromatic heterocycles. The van der Waals surface area contributed by atoms with Gasteiger partial charge in [0.15, 0.2) is 11.5 Å². The minimum absolute atomic E-state index is 0.0624. The summed E-state index contributed by atoms with van der Waals surface area (Å²) in [6.07, 6.45) is 0.679. The van der Waals surface area contributed by atoms with E-state index in [0.717, 1.165) is 11.3 Å². The Morgan fingerprint density at radius 2 is 1.87 bits per heavy atom. The van der Waals surface area contributed by atoms with E-state index in [1.165, 1.54) is 4.90 Å². The van der Waals surface area contributed by atoms with Gasteiger partial charge in [-0.25, -0.2) is 4.79 Å². The van der Waals surface area contributed by atoms with Gasteiger partial charge in [0.2, 0.25) is 6.79 Å². The average molecular weight is 423 g/mol. The van der Waals surface area contributed by atoms with Crippen LogP contribution in [-0.2, 0) is 20.7 Å². The Balaban J connectivity index is 1.83. The maximum Gasteiger partial charge on any atom is 0.409 e. The standard InChI is InChI=1S/C22H34N2O6/c1-14(2)9-17(23)20(25)30-22(4,5)12-27-21(26)24(6)15(3)10-16-7-8-18-19(11-16)29-13-28-18/h7-8,11,14-15,17H,9-10,12-13,23H2,1-6H3. The summed E-state index contributed by atoms with van der Waals surface area (Å²) in [6.45, 7) is 9.45. The maximum absolute atomic E-state index is 12.5. The first-order valence-corrected chi connectivity index (χ1v) is 10.2. The van der Waals surface area contributed by atoms with Gasteiger partial charge < -0.3 is 29.6 Å². The normalized spacial score (nSPS) is 14.9. The van der Waals surface area contributed by atoms with Gasteiger partial charge >= 0.3 is 12.1 Å². The molecule has 0 radical (unpaired) electrons. The van der Waals surface area contributed by atoms with Gasteiger partial charge in [0.1, 0.15) is 18.2 Å². The average Bonchev–Trinajstić information content (AvgIpc) is 3.12. The number of fused-ring (bicyclic) bond motifs is 1. The highest BCUT2D eigenvalue weighted by Crippen LogP contribution is 2.33. The van der Waals surface area contributed by atoms with Gasteiger partial charge in [0.25, 0.3) is 0 Å². The molecule has 1 heterocycles. The maximum atomic E-state index is 12.5. The molecule has 0 spiro atoms. The minimum atomic E-state index is -0.969. The van der Waals surface area contributed by atoms with Crippen molar-refractivity contribution in [2.24, 2.45) is 11.7 Å². The molecule has 2 atom stereocenters. The number of nitrogens with zero attached hydrogens (tertiary/aromatic N) is 1. The smallest absolute Gasteiger partial charge is 0.409 e. The monoisotopic (exact) mass is 422 g/mol. The van der Waals surface area contributed by atoms with Gasteiger partial charge in [-0.3, -0.25) is 4.79 Å². The molecule has 1 aliphatic heterocycles. The number of rotatable bonds is 9. The van der Waals surface area contributed by atoms with E-state index in [0.29, 0.717) is 18.6 Å². The molecule has 0 aliphatic carbocycles. The Labute approximate surface area is 178 Å². The first kappa shape index (κ1) is 23.8. The molecule has 168 valence electrons. The molecule has 0 saturated carbocycles. The fourth-order valence-corrected chi connectivity index (χ4v) is 3.04. The number of esters is 1. The Hall–Kier alpha value is -2.48. The summed E-state index contributed by atoms with van der Waals surface area (Å²) in [4.78, 5) is 26.1. The molecule has 1 aliphatic rings. The lowest BCUT2D eigenvalue weighted by Gasteiger charge is -2.29. The van der Waals surface area contributed by atoms with Crippen LogP contribution < -0.4 is 15.2 Å². The van der Waals surface area contributed by atoms with Gasteiger partial charge in [-0.1, -0.05) is 19.9 Å². The van der Waals surface area contributed by atoms with Gasteiger partial charge in [-0.15, -0.1) is 0 Å². The van der Waals surface area contributed by atoms with E-state index in [9.17, 15) is 9.59 Å². The molecular weight excluding hydrogens is 388 g/mol. The van der Waals surface area contributed by atoms with Crippen molar-refractivity contribution in [2.45, 2.75) is 65.1 Å². The number of likely N-dealkylation sites (N-methyl/N-ethyl adjacent to an activating group) is 1. The topological polar surface area (TPSA) is 100 Å². The zero-order valence-electron chi connectivity index (χ0n) is 18.8. The van der Waals surface area contributed by atoms with Crippen molar-refractivity contribution in [3.63, 3.8) is 0 Å². The van der Waals surface area contributed by atoms with E-state index in [4.69, 9.17) is 24.7 Å². The van der Waals surface area contributed by atoms with E-state index < -0.39 is 23.7 Å². The molecule has 8 nitrogen and oxygen atoms in total. The molecule has 0 bridgehead atoms. The molecule has 2 rings (SSSR count). The Morgan fingerprint density at radius 1 is 1.20 bits per heavy atom. The predicted octanol–water partition coefficient (Wildman–Crippen LogP) is 3.11. The van der Waals surface area contributed by atoms with E-state index >= 15 is 0 Å². The minimum Gasteiger partial charge on any atom is -0.455 e. The van der Waals surface area contributed by atoms with E-state index in [1.54, 1.807) is 20.9 Å². The van der Waals surface area contributed by atoms with Crippen molar-refractivity contribution in [1.82, 2.24) is 4.90 Å². The summed E-state index contributed by atoms with van der Waals surface area (Å²) in [6, 6.07) is 4.93. The van der Waals surface area contributed by atoms with Crippen molar-refractivity contribution in [3.8, 4) is 11.5 Å². The number of amides is 1. The number of benzene rings is 1. The largest absolute Gasteiger partial charge is 0.455 e. The summed E-state index contributed by atoms with van der Waals surface area (Å²) in [5.41, 5.74) is 5.93. The highest BCUT2D eigenvalue weighted by atomic mass is 16.7. The summed E-state index contributed by atoms with van der Waals surface area (Å²) in [5, 5.41) is 0. The molecule has 8 heteroatoms. The number of carbonyl (C=O) groups is 2. The fourth-order valence-electron chi connectivity index (χ4n) is 3.04. The molecule has 0 fully saturated rings. The van der Waals surface area contributed by atoms with Crippen molar-refractivity contribution >= 4 is 12.1 Å². The number of hydrogen-bond acceptors (Lipinski definition) is 7. The predicted molar refractivity (Wildman–Crippen MR) is 112 cm³/mol. The second-order valence-electron chi connectivity index (χ2n) is 8.82. The van der Waals surface area contributed by atoms with Gasteiger partial charge in [0.05, 0.1) is 0 Å². The summed E-state index contributed by atoms with van der Waals surface area (Å²) >= 11 is 0. The summed E-state index contributed by atoms with van der Waals surface area (Å²) < 4.78 is 21.5. The SMILES string of the molecule is CC(C)CC(N)C(=O)OC(C)(C)COC(=O)N(C)C(C)Cc1ccc2c(c1)OCO2. The molecule has 30 heavy (non-hydrogen) atoms. The highest BCUT2D eigenvalue weighted by Gasteiger charge is 2.29. The van der Waals surface area contributed by atoms with Crippen molar-refractivity contribution in [1.29, 1.82) is 0 Å². The lowest BCUT2D eigenvalue weighted by molar-refractivity contribution is -0.162. The van der Waals surface area contributed by atoms with Crippen molar-refractivity contribution < 1.29 is 28.5 Å². The lowest BCUT2D eigenvalue weighted by Crippen LogP contribution is -2.44. The molecule has 1 aromatic rings. The quantitative estimate of drug-likeness (QED) is 0.610. The van der Waals surface area contributed by atoms with Gasteiger partial charge in [0, 0.05) is 13.1 Å². The van der Waals surface area contributed by atoms with Crippen LogP contribution >= 0.6 is 0 Å². The Bertz CT molecular complexity index is 749. The first-order valence-electron chi connectivity index (χ1n) is 10.2. The molecule has 0 saturated heterocycles. The molecule has 1 amide bonds. The number of hydrogen-bond donors (Lipinski definition) is 1. The van der Waals surface area contributed by atoms with Crippen LogP contribution in [0, 0.1) is 5.92 Å². The van der Waals surface area contributed by atoms with Crippen LogP contribution in [0.1, 0.15) is 46.6 Å². The summed E-state index contributed by atoms with van der Waals surface area (Å²) in [7, 11) is 1.68. The van der Waals surface area contributed by atoms with E-state index in [2.05, 4.69) is 0 Å². The number of carbonyl (C=O) groups excluding carboxylic acids is 2.